The molecule has 2 aromatic heterocycles. The van der Waals surface area contributed by atoms with Crippen molar-refractivity contribution >= 4 is 32.8 Å². The first-order valence-corrected chi connectivity index (χ1v) is 9.31. The first-order chi connectivity index (χ1) is 10.9. The summed E-state index contributed by atoms with van der Waals surface area (Å²) < 4.78 is 37.6. The van der Waals surface area contributed by atoms with Crippen molar-refractivity contribution in [1.29, 1.82) is 0 Å². The fourth-order valence-corrected chi connectivity index (χ4v) is 4.36. The summed E-state index contributed by atoms with van der Waals surface area (Å²) in [7, 11) is -1.74. The molecule has 9 heteroatoms. The van der Waals surface area contributed by atoms with E-state index in [-0.39, 0.29) is 4.90 Å². The number of hydrogen-bond donors (Lipinski definition) is 1. The second-order valence-corrected chi connectivity index (χ2v) is 7.57. The van der Waals surface area contributed by atoms with E-state index < -0.39 is 10.0 Å². The summed E-state index contributed by atoms with van der Waals surface area (Å²) in [5, 5.41) is 4.34. The van der Waals surface area contributed by atoms with Crippen LogP contribution in [-0.2, 0) is 23.5 Å². The van der Waals surface area contributed by atoms with Gasteiger partial charge < -0.3 is 0 Å². The third-order valence-electron chi connectivity index (χ3n) is 3.86. The van der Waals surface area contributed by atoms with Crippen LogP contribution in [0, 0.1) is 13.8 Å². The van der Waals surface area contributed by atoms with E-state index in [0.29, 0.717) is 24.0 Å². The maximum atomic E-state index is 12.5. The Morgan fingerprint density at radius 2 is 2.04 bits per heavy atom. The Labute approximate surface area is 138 Å². The highest BCUT2D eigenvalue weighted by Gasteiger charge is 2.19. The molecule has 0 atom stereocenters. The van der Waals surface area contributed by atoms with Crippen molar-refractivity contribution in [2.75, 3.05) is 6.54 Å². The van der Waals surface area contributed by atoms with Crippen molar-refractivity contribution in [2.24, 2.45) is 7.05 Å². The van der Waals surface area contributed by atoms with Gasteiger partial charge in [0.15, 0.2) is 0 Å². The van der Waals surface area contributed by atoms with Crippen LogP contribution in [0.25, 0.3) is 11.0 Å². The van der Waals surface area contributed by atoms with Crippen molar-refractivity contribution in [3.63, 3.8) is 0 Å². The van der Waals surface area contributed by atoms with Crippen LogP contribution in [0.1, 0.15) is 17.0 Å². The van der Waals surface area contributed by atoms with Crippen LogP contribution < -0.4 is 4.72 Å². The first-order valence-electron chi connectivity index (χ1n) is 7.10. The molecule has 0 saturated heterocycles. The van der Waals surface area contributed by atoms with Gasteiger partial charge in [-0.2, -0.15) is 13.8 Å². The second-order valence-electron chi connectivity index (χ2n) is 5.31. The third kappa shape index (κ3) is 2.99. The van der Waals surface area contributed by atoms with Crippen molar-refractivity contribution in [3.8, 4) is 0 Å². The predicted octanol–water partition coefficient (Wildman–Crippen LogP) is 1.56. The van der Waals surface area contributed by atoms with Gasteiger partial charge in [0.1, 0.15) is 15.9 Å². The van der Waals surface area contributed by atoms with Gasteiger partial charge in [0.2, 0.25) is 10.0 Å². The summed E-state index contributed by atoms with van der Waals surface area (Å²) in [6, 6.07) is 4.97. The summed E-state index contributed by atoms with van der Waals surface area (Å²) in [5.41, 5.74) is 4.06. The highest BCUT2D eigenvalue weighted by atomic mass is 32.2. The standard InChI is InChI=1S/C14H17N5O2S2/c1-9-11(10(2)19(3)16-9)7-8-15-23(20,21)13-6-4-5-12-14(13)18-22-17-12/h4-6,15H,7-8H2,1-3H3. The van der Waals surface area contributed by atoms with Gasteiger partial charge in [0.05, 0.1) is 17.4 Å². The van der Waals surface area contributed by atoms with Crippen LogP contribution in [0.15, 0.2) is 23.1 Å². The molecule has 0 unspecified atom stereocenters. The number of rotatable bonds is 5. The lowest BCUT2D eigenvalue weighted by Gasteiger charge is -2.07. The summed E-state index contributed by atoms with van der Waals surface area (Å²) >= 11 is 1.01. The molecule has 3 aromatic rings. The van der Waals surface area contributed by atoms with Crippen molar-refractivity contribution in [2.45, 2.75) is 25.2 Å². The number of benzene rings is 1. The molecule has 0 bridgehead atoms. The highest BCUT2D eigenvalue weighted by Crippen LogP contribution is 2.21. The van der Waals surface area contributed by atoms with Gasteiger partial charge in [-0.05, 0) is 38.0 Å². The van der Waals surface area contributed by atoms with Crippen LogP contribution in [0.2, 0.25) is 0 Å². The minimum Gasteiger partial charge on any atom is -0.272 e. The highest BCUT2D eigenvalue weighted by molar-refractivity contribution is 7.89. The fourth-order valence-electron chi connectivity index (χ4n) is 2.57. The molecule has 0 aliphatic heterocycles. The quantitative estimate of drug-likeness (QED) is 0.753. The zero-order valence-electron chi connectivity index (χ0n) is 13.1. The number of aryl methyl sites for hydroxylation is 2. The number of fused-ring (bicyclic) bond motifs is 1. The Balaban J connectivity index is 1.78. The molecule has 7 nitrogen and oxygen atoms in total. The molecule has 0 aliphatic rings. The molecule has 1 aromatic carbocycles. The van der Waals surface area contributed by atoms with Crippen LogP contribution in [-0.4, -0.2) is 33.5 Å². The molecule has 23 heavy (non-hydrogen) atoms. The minimum absolute atomic E-state index is 0.170. The summed E-state index contributed by atoms with van der Waals surface area (Å²) in [5.74, 6) is 0. The molecule has 122 valence electrons. The smallest absolute Gasteiger partial charge is 0.242 e. The summed E-state index contributed by atoms with van der Waals surface area (Å²) in [6.07, 6.45) is 0.593. The second kappa shape index (κ2) is 5.99. The molecule has 0 aliphatic carbocycles. The summed E-state index contributed by atoms with van der Waals surface area (Å²) in [6.45, 7) is 4.22. The van der Waals surface area contributed by atoms with E-state index in [2.05, 4.69) is 18.6 Å². The molecular formula is C14H17N5O2S2. The van der Waals surface area contributed by atoms with E-state index in [0.717, 1.165) is 28.7 Å². The number of hydrogen-bond acceptors (Lipinski definition) is 6. The topological polar surface area (TPSA) is 89.8 Å². The van der Waals surface area contributed by atoms with Gasteiger partial charge in [-0.1, -0.05) is 6.07 Å². The van der Waals surface area contributed by atoms with Crippen LogP contribution in [0.4, 0.5) is 0 Å². The Morgan fingerprint density at radius 1 is 1.26 bits per heavy atom. The van der Waals surface area contributed by atoms with Crippen molar-refractivity contribution in [1.82, 2.24) is 23.2 Å². The van der Waals surface area contributed by atoms with Gasteiger partial charge in [0.25, 0.3) is 0 Å². The predicted molar refractivity (Wildman–Crippen MR) is 89.0 cm³/mol. The van der Waals surface area contributed by atoms with E-state index in [1.807, 2.05) is 20.9 Å². The zero-order valence-corrected chi connectivity index (χ0v) is 14.7. The Bertz CT molecular complexity index is 959. The van der Waals surface area contributed by atoms with Crippen LogP contribution in [0.3, 0.4) is 0 Å². The van der Waals surface area contributed by atoms with Crippen LogP contribution >= 0.6 is 11.7 Å². The Morgan fingerprint density at radius 3 is 2.74 bits per heavy atom. The lowest BCUT2D eigenvalue weighted by atomic mass is 10.1. The summed E-state index contributed by atoms with van der Waals surface area (Å²) in [4.78, 5) is 0.170. The lowest BCUT2D eigenvalue weighted by molar-refractivity contribution is 0.582. The van der Waals surface area contributed by atoms with E-state index in [4.69, 9.17) is 0 Å². The monoisotopic (exact) mass is 351 g/mol. The average Bonchev–Trinajstić information content (AvgIpc) is 3.06. The van der Waals surface area contributed by atoms with Crippen molar-refractivity contribution < 1.29 is 8.42 Å². The first kappa shape index (κ1) is 16.0. The van der Waals surface area contributed by atoms with Gasteiger partial charge in [-0.3, -0.25) is 4.68 Å². The Kier molecular flexibility index (Phi) is 4.17. The van der Waals surface area contributed by atoms with Crippen molar-refractivity contribution in [3.05, 3.63) is 35.2 Å². The van der Waals surface area contributed by atoms with E-state index in [1.54, 1.807) is 22.9 Å². The van der Waals surface area contributed by atoms with E-state index in [9.17, 15) is 8.42 Å². The average molecular weight is 351 g/mol. The minimum atomic E-state index is -3.62. The molecule has 0 spiro atoms. The number of sulfonamides is 1. The molecule has 3 rings (SSSR count). The molecule has 1 N–H and O–H groups in total. The number of nitrogens with zero attached hydrogens (tertiary/aromatic N) is 4. The zero-order chi connectivity index (χ0) is 16.6. The lowest BCUT2D eigenvalue weighted by Crippen LogP contribution is -2.26. The largest absolute Gasteiger partial charge is 0.272 e. The number of nitrogens with one attached hydrogen (secondary N) is 1. The fraction of sp³-hybridized carbons (Fsp3) is 0.357. The normalized spacial score (nSPS) is 12.1. The third-order valence-corrected chi connectivity index (χ3v) is 5.90. The Hall–Kier alpha value is -1.84. The molecule has 0 radical (unpaired) electrons. The van der Waals surface area contributed by atoms with Gasteiger partial charge in [-0.25, -0.2) is 13.1 Å². The van der Waals surface area contributed by atoms with Gasteiger partial charge in [-0.15, -0.1) is 0 Å². The SMILES string of the molecule is Cc1nn(C)c(C)c1CCNS(=O)(=O)c1cccc2nsnc12. The maximum Gasteiger partial charge on any atom is 0.242 e. The maximum absolute atomic E-state index is 12.5. The van der Waals surface area contributed by atoms with Crippen LogP contribution in [0.5, 0.6) is 0 Å². The van der Waals surface area contributed by atoms with Gasteiger partial charge in [0, 0.05) is 19.3 Å². The molecule has 0 fully saturated rings. The molecule has 2 heterocycles. The molecule has 0 saturated carbocycles. The van der Waals surface area contributed by atoms with Gasteiger partial charge >= 0.3 is 0 Å². The van der Waals surface area contributed by atoms with E-state index in [1.165, 1.54) is 0 Å². The number of aromatic nitrogens is 4. The molecule has 0 amide bonds. The molecular weight excluding hydrogens is 334 g/mol. The van der Waals surface area contributed by atoms with E-state index >= 15 is 0 Å².